The first-order chi connectivity index (χ1) is 13.3. The van der Waals surface area contributed by atoms with Crippen molar-refractivity contribution < 1.29 is 23.9 Å². The molecule has 0 unspecified atom stereocenters. The standard InChI is InChI=1S/C20H23ClN2O5/c1-11(23-18(25)15-5-3-4-6-16(15)19(23)26)20(27)28-12(2)17(24)22-14-9-7-13(21)8-10-14/h7-12,15-16H,3-6H2,1-2H3,(H,22,24)/t11-,12+,15-,16-/m0/s1. The van der Waals surface area contributed by atoms with Crippen LogP contribution in [-0.2, 0) is 23.9 Å². The zero-order valence-electron chi connectivity index (χ0n) is 15.8. The number of esters is 1. The molecule has 8 heteroatoms. The summed E-state index contributed by atoms with van der Waals surface area (Å²) in [6.45, 7) is 2.89. The molecule has 3 rings (SSSR count). The lowest BCUT2D eigenvalue weighted by atomic mass is 9.81. The molecule has 3 amide bonds. The molecule has 4 atom stereocenters. The molecular weight excluding hydrogens is 384 g/mol. The van der Waals surface area contributed by atoms with Crippen LogP contribution in [0.2, 0.25) is 5.02 Å². The summed E-state index contributed by atoms with van der Waals surface area (Å²) in [5.74, 6) is -2.58. The highest BCUT2D eigenvalue weighted by molar-refractivity contribution is 6.30. The summed E-state index contributed by atoms with van der Waals surface area (Å²) in [7, 11) is 0. The Kier molecular flexibility index (Phi) is 6.03. The van der Waals surface area contributed by atoms with E-state index in [1.165, 1.54) is 13.8 Å². The molecule has 28 heavy (non-hydrogen) atoms. The quantitative estimate of drug-likeness (QED) is 0.599. The lowest BCUT2D eigenvalue weighted by molar-refractivity contribution is -0.163. The smallest absolute Gasteiger partial charge is 0.329 e. The minimum atomic E-state index is -1.08. The zero-order valence-corrected chi connectivity index (χ0v) is 16.6. The average molecular weight is 407 g/mol. The number of hydrogen-bond donors (Lipinski definition) is 1. The molecule has 1 aliphatic carbocycles. The molecule has 0 spiro atoms. The van der Waals surface area contributed by atoms with Crippen molar-refractivity contribution in [3.8, 4) is 0 Å². The number of fused-ring (bicyclic) bond motifs is 1. The van der Waals surface area contributed by atoms with Gasteiger partial charge in [-0.2, -0.15) is 0 Å². The first-order valence-corrected chi connectivity index (χ1v) is 9.81. The Morgan fingerprint density at radius 3 is 2.14 bits per heavy atom. The van der Waals surface area contributed by atoms with Gasteiger partial charge in [-0.05, 0) is 51.0 Å². The molecule has 0 aromatic heterocycles. The zero-order chi connectivity index (χ0) is 20.4. The fourth-order valence-corrected chi connectivity index (χ4v) is 3.90. The van der Waals surface area contributed by atoms with Gasteiger partial charge < -0.3 is 10.1 Å². The summed E-state index contributed by atoms with van der Waals surface area (Å²) in [6, 6.07) is 5.44. The van der Waals surface area contributed by atoms with E-state index < -0.39 is 24.0 Å². The highest BCUT2D eigenvalue weighted by atomic mass is 35.5. The van der Waals surface area contributed by atoms with Crippen LogP contribution >= 0.6 is 11.6 Å². The number of amides is 3. The fraction of sp³-hybridized carbons (Fsp3) is 0.500. The number of likely N-dealkylation sites (tertiary alicyclic amines) is 1. The Morgan fingerprint density at radius 2 is 1.61 bits per heavy atom. The molecule has 1 aromatic carbocycles. The van der Waals surface area contributed by atoms with Crippen LogP contribution in [0.15, 0.2) is 24.3 Å². The van der Waals surface area contributed by atoms with Gasteiger partial charge in [0.25, 0.3) is 5.91 Å². The third-order valence-corrected chi connectivity index (χ3v) is 5.63. The summed E-state index contributed by atoms with van der Waals surface area (Å²) in [5.41, 5.74) is 0.513. The van der Waals surface area contributed by atoms with Crippen LogP contribution in [0.1, 0.15) is 39.5 Å². The van der Waals surface area contributed by atoms with Crippen molar-refractivity contribution in [2.45, 2.75) is 51.7 Å². The van der Waals surface area contributed by atoms with Gasteiger partial charge in [0.1, 0.15) is 6.04 Å². The van der Waals surface area contributed by atoms with E-state index in [1.807, 2.05) is 0 Å². The Bertz CT molecular complexity index is 770. The minimum absolute atomic E-state index is 0.308. The predicted molar refractivity (Wildman–Crippen MR) is 102 cm³/mol. The molecule has 2 fully saturated rings. The van der Waals surface area contributed by atoms with Gasteiger partial charge in [0.15, 0.2) is 6.10 Å². The molecule has 1 saturated heterocycles. The second kappa shape index (κ2) is 8.31. The van der Waals surface area contributed by atoms with Crippen molar-refractivity contribution in [1.82, 2.24) is 4.90 Å². The third-order valence-electron chi connectivity index (χ3n) is 5.38. The van der Waals surface area contributed by atoms with Crippen molar-refractivity contribution in [1.29, 1.82) is 0 Å². The normalized spacial score (nSPS) is 23.8. The molecular formula is C20H23ClN2O5. The van der Waals surface area contributed by atoms with E-state index in [-0.39, 0.29) is 23.7 Å². The molecule has 1 aliphatic heterocycles. The maximum atomic E-state index is 12.6. The first kappa shape index (κ1) is 20.3. The van der Waals surface area contributed by atoms with Crippen LogP contribution < -0.4 is 5.32 Å². The SMILES string of the molecule is C[C@@H](OC(=O)[C@H](C)N1C(=O)[C@H]2CCCC[C@@H]2C1=O)C(=O)Nc1ccc(Cl)cc1. The number of carbonyl (C=O) groups is 4. The Balaban J connectivity index is 1.60. The van der Waals surface area contributed by atoms with Gasteiger partial charge in [-0.15, -0.1) is 0 Å². The van der Waals surface area contributed by atoms with E-state index in [0.29, 0.717) is 23.6 Å². The van der Waals surface area contributed by atoms with Gasteiger partial charge in [0.2, 0.25) is 11.8 Å². The summed E-state index contributed by atoms with van der Waals surface area (Å²) in [4.78, 5) is 50.9. The molecule has 1 aromatic rings. The number of halogens is 1. The third kappa shape index (κ3) is 4.04. The van der Waals surface area contributed by atoms with Crippen LogP contribution in [-0.4, -0.2) is 40.7 Å². The number of imide groups is 1. The molecule has 2 aliphatic rings. The van der Waals surface area contributed by atoms with Crippen LogP contribution in [0, 0.1) is 11.8 Å². The number of ether oxygens (including phenoxy) is 1. The largest absolute Gasteiger partial charge is 0.451 e. The molecule has 1 heterocycles. The number of hydrogen-bond acceptors (Lipinski definition) is 5. The second-order valence-corrected chi connectivity index (χ2v) is 7.73. The van der Waals surface area contributed by atoms with E-state index in [1.54, 1.807) is 24.3 Å². The predicted octanol–water partition coefficient (Wildman–Crippen LogP) is 2.77. The molecule has 1 saturated carbocycles. The van der Waals surface area contributed by atoms with Crippen molar-refractivity contribution in [3.63, 3.8) is 0 Å². The van der Waals surface area contributed by atoms with Gasteiger partial charge >= 0.3 is 5.97 Å². The number of rotatable bonds is 5. The molecule has 7 nitrogen and oxygen atoms in total. The second-order valence-electron chi connectivity index (χ2n) is 7.30. The molecule has 150 valence electrons. The van der Waals surface area contributed by atoms with Gasteiger partial charge in [-0.3, -0.25) is 19.3 Å². The van der Waals surface area contributed by atoms with E-state index in [0.717, 1.165) is 17.7 Å². The number of carbonyl (C=O) groups excluding carboxylic acids is 4. The van der Waals surface area contributed by atoms with Crippen LogP contribution in [0.25, 0.3) is 0 Å². The van der Waals surface area contributed by atoms with Crippen molar-refractivity contribution in [2.75, 3.05) is 5.32 Å². The number of benzene rings is 1. The highest BCUT2D eigenvalue weighted by Crippen LogP contribution is 2.38. The van der Waals surface area contributed by atoms with Gasteiger partial charge in [0.05, 0.1) is 11.8 Å². The number of anilines is 1. The van der Waals surface area contributed by atoms with Crippen LogP contribution in [0.3, 0.4) is 0 Å². The summed E-state index contributed by atoms with van der Waals surface area (Å²) < 4.78 is 5.21. The Labute approximate surface area is 168 Å². The van der Waals surface area contributed by atoms with Crippen molar-refractivity contribution in [2.24, 2.45) is 11.8 Å². The summed E-state index contributed by atoms with van der Waals surface area (Å²) >= 11 is 5.80. The highest BCUT2D eigenvalue weighted by Gasteiger charge is 2.51. The van der Waals surface area contributed by atoms with Crippen molar-refractivity contribution in [3.05, 3.63) is 29.3 Å². The lowest BCUT2D eigenvalue weighted by Gasteiger charge is -2.23. The van der Waals surface area contributed by atoms with Crippen LogP contribution in [0.5, 0.6) is 0 Å². The fourth-order valence-electron chi connectivity index (χ4n) is 3.78. The average Bonchev–Trinajstić information content (AvgIpc) is 2.93. The topological polar surface area (TPSA) is 92.8 Å². The number of nitrogens with zero attached hydrogens (tertiary/aromatic N) is 1. The van der Waals surface area contributed by atoms with Crippen molar-refractivity contribution >= 4 is 41.0 Å². The molecule has 0 bridgehead atoms. The minimum Gasteiger partial charge on any atom is -0.451 e. The maximum absolute atomic E-state index is 12.6. The van der Waals surface area contributed by atoms with Gasteiger partial charge in [0, 0.05) is 10.7 Å². The van der Waals surface area contributed by atoms with Crippen LogP contribution in [0.4, 0.5) is 5.69 Å². The van der Waals surface area contributed by atoms with E-state index in [9.17, 15) is 19.2 Å². The maximum Gasteiger partial charge on any atom is 0.329 e. The van der Waals surface area contributed by atoms with E-state index in [2.05, 4.69) is 5.32 Å². The van der Waals surface area contributed by atoms with E-state index >= 15 is 0 Å². The number of nitrogens with one attached hydrogen (secondary N) is 1. The van der Waals surface area contributed by atoms with Gasteiger partial charge in [-0.1, -0.05) is 24.4 Å². The Hall–Kier alpha value is -2.41. The molecule has 1 N–H and O–H groups in total. The van der Waals surface area contributed by atoms with Gasteiger partial charge in [-0.25, -0.2) is 4.79 Å². The molecule has 0 radical (unpaired) electrons. The van der Waals surface area contributed by atoms with E-state index in [4.69, 9.17) is 16.3 Å². The summed E-state index contributed by atoms with van der Waals surface area (Å²) in [6.07, 6.45) is 2.09. The monoisotopic (exact) mass is 406 g/mol. The first-order valence-electron chi connectivity index (χ1n) is 9.43. The Morgan fingerprint density at radius 1 is 1.07 bits per heavy atom. The lowest BCUT2D eigenvalue weighted by Crippen LogP contribution is -2.46. The summed E-state index contributed by atoms with van der Waals surface area (Å²) in [5, 5.41) is 3.15.